The van der Waals surface area contributed by atoms with Gasteiger partial charge in [0.2, 0.25) is 11.8 Å². The van der Waals surface area contributed by atoms with E-state index in [1.54, 1.807) is 9.80 Å². The first-order valence-electron chi connectivity index (χ1n) is 13.3. The Labute approximate surface area is 208 Å². The van der Waals surface area contributed by atoms with Crippen molar-refractivity contribution in [3.8, 4) is 0 Å². The Bertz CT molecular complexity index is 870. The smallest absolute Gasteiger partial charge is 0.312 e. The highest BCUT2D eigenvalue weighted by atomic mass is 16.6. The molecule has 4 rings (SSSR count). The van der Waals surface area contributed by atoms with Crippen molar-refractivity contribution >= 4 is 17.8 Å². The van der Waals surface area contributed by atoms with Crippen molar-refractivity contribution in [1.29, 1.82) is 0 Å². The summed E-state index contributed by atoms with van der Waals surface area (Å²) in [6.07, 6.45) is 11.9. The molecule has 0 aromatic rings. The fraction of sp³-hybridized carbons (Fsp3) is 0.741. The lowest BCUT2D eigenvalue weighted by molar-refractivity contribution is -0.156. The van der Waals surface area contributed by atoms with Gasteiger partial charge in [-0.05, 0) is 31.6 Å². The highest BCUT2D eigenvalue weighted by Gasteiger charge is 2.72. The predicted molar refractivity (Wildman–Crippen MR) is 130 cm³/mol. The van der Waals surface area contributed by atoms with Gasteiger partial charge in [0.05, 0.1) is 31.3 Å². The lowest BCUT2D eigenvalue weighted by Crippen LogP contribution is -2.58. The third kappa shape index (κ3) is 4.67. The minimum absolute atomic E-state index is 0.173. The van der Waals surface area contributed by atoms with Gasteiger partial charge in [0, 0.05) is 13.1 Å². The molecular weight excluding hydrogens is 448 g/mol. The van der Waals surface area contributed by atoms with Gasteiger partial charge in [-0.25, -0.2) is 0 Å². The summed E-state index contributed by atoms with van der Waals surface area (Å²) < 4.78 is 12.1. The van der Waals surface area contributed by atoms with Crippen LogP contribution in [0.3, 0.4) is 0 Å². The van der Waals surface area contributed by atoms with Crippen LogP contribution in [-0.2, 0) is 23.9 Å². The van der Waals surface area contributed by atoms with E-state index in [4.69, 9.17) is 9.47 Å². The molecule has 194 valence electrons. The number of likely N-dealkylation sites (tertiary alicyclic amines) is 1. The minimum Gasteiger partial charge on any atom is -0.465 e. The Kier molecular flexibility index (Phi) is 8.01. The number of nitrogens with zero attached hydrogens (tertiary/aromatic N) is 2. The zero-order valence-corrected chi connectivity index (χ0v) is 21.2. The summed E-state index contributed by atoms with van der Waals surface area (Å²) in [7, 11) is 0. The van der Waals surface area contributed by atoms with Crippen molar-refractivity contribution in [2.45, 2.75) is 83.1 Å². The highest BCUT2D eigenvalue weighted by molar-refractivity contribution is 5.99. The molecule has 0 saturated carbocycles. The zero-order chi connectivity index (χ0) is 25.2. The number of aliphatic hydroxyl groups excluding tert-OH is 1. The topological polar surface area (TPSA) is 96.4 Å². The molecule has 6 atom stereocenters. The van der Waals surface area contributed by atoms with Gasteiger partial charge in [0.15, 0.2) is 0 Å². The number of hydrogen-bond donors (Lipinski definition) is 1. The molecule has 0 aliphatic carbocycles. The molecule has 35 heavy (non-hydrogen) atoms. The number of esters is 1. The van der Waals surface area contributed by atoms with Crippen LogP contribution in [0.4, 0.5) is 0 Å². The number of ether oxygens (including phenoxy) is 2. The molecule has 1 unspecified atom stereocenters. The molecular formula is C27H40N2O6. The second-order valence-electron chi connectivity index (χ2n) is 10.7. The first-order valence-corrected chi connectivity index (χ1v) is 13.3. The average molecular weight is 489 g/mol. The van der Waals surface area contributed by atoms with E-state index >= 15 is 0 Å². The monoisotopic (exact) mass is 488 g/mol. The van der Waals surface area contributed by atoms with Crippen LogP contribution in [0, 0.1) is 17.8 Å². The SMILES string of the molecule is CCCCCN1CC=C[C@]23O[C@@H]4/C=C\CCCOC(=O)[C@@H]4[C@H]2C(=O)N([C@@H](CO)CC(C)C)C3C1=O. The van der Waals surface area contributed by atoms with Crippen LogP contribution in [0.15, 0.2) is 24.3 Å². The van der Waals surface area contributed by atoms with E-state index in [9.17, 15) is 19.5 Å². The molecule has 0 bridgehead atoms. The maximum atomic E-state index is 14.1. The Morgan fingerprint density at radius 1 is 1.17 bits per heavy atom. The minimum atomic E-state index is -1.27. The van der Waals surface area contributed by atoms with Gasteiger partial charge >= 0.3 is 5.97 Å². The summed E-state index contributed by atoms with van der Waals surface area (Å²) in [4.78, 5) is 44.8. The van der Waals surface area contributed by atoms with Crippen LogP contribution >= 0.6 is 0 Å². The molecule has 4 heterocycles. The van der Waals surface area contributed by atoms with Crippen molar-refractivity contribution in [1.82, 2.24) is 9.80 Å². The maximum Gasteiger partial charge on any atom is 0.312 e. The molecule has 4 aliphatic rings. The molecule has 2 amide bonds. The second-order valence-corrected chi connectivity index (χ2v) is 10.7. The maximum absolute atomic E-state index is 14.1. The van der Waals surface area contributed by atoms with Crippen LogP contribution in [-0.4, -0.2) is 82.8 Å². The summed E-state index contributed by atoms with van der Waals surface area (Å²) in [5, 5.41) is 10.3. The van der Waals surface area contributed by atoms with Gasteiger partial charge in [0.25, 0.3) is 0 Å². The van der Waals surface area contributed by atoms with Gasteiger partial charge in [-0.15, -0.1) is 0 Å². The quantitative estimate of drug-likeness (QED) is 0.320. The van der Waals surface area contributed by atoms with Crippen molar-refractivity contribution < 1.29 is 29.0 Å². The van der Waals surface area contributed by atoms with Crippen molar-refractivity contribution in [3.05, 3.63) is 24.3 Å². The number of allylic oxidation sites excluding steroid dienone is 1. The van der Waals surface area contributed by atoms with E-state index in [2.05, 4.69) is 6.92 Å². The van der Waals surface area contributed by atoms with Crippen LogP contribution in [0.5, 0.6) is 0 Å². The molecule has 8 nitrogen and oxygen atoms in total. The van der Waals surface area contributed by atoms with Crippen LogP contribution in [0.25, 0.3) is 0 Å². The van der Waals surface area contributed by atoms with E-state index < -0.39 is 41.6 Å². The van der Waals surface area contributed by atoms with E-state index in [1.807, 2.05) is 38.2 Å². The number of carbonyl (C=O) groups is 3. The van der Waals surface area contributed by atoms with Crippen molar-refractivity contribution in [3.63, 3.8) is 0 Å². The number of cyclic esters (lactones) is 1. The van der Waals surface area contributed by atoms with Gasteiger partial charge in [0.1, 0.15) is 17.6 Å². The first-order chi connectivity index (χ1) is 16.9. The van der Waals surface area contributed by atoms with E-state index in [-0.39, 0.29) is 24.3 Å². The van der Waals surface area contributed by atoms with Crippen LogP contribution < -0.4 is 0 Å². The fourth-order valence-electron chi connectivity index (χ4n) is 6.21. The number of hydrogen-bond acceptors (Lipinski definition) is 6. The number of carbonyl (C=O) groups excluding carboxylic acids is 3. The van der Waals surface area contributed by atoms with E-state index in [0.717, 1.165) is 25.7 Å². The van der Waals surface area contributed by atoms with Gasteiger partial charge < -0.3 is 24.4 Å². The third-order valence-electron chi connectivity index (χ3n) is 7.75. The molecule has 2 saturated heterocycles. The number of aliphatic hydroxyl groups is 1. The van der Waals surface area contributed by atoms with E-state index in [1.165, 1.54) is 0 Å². The van der Waals surface area contributed by atoms with Gasteiger partial charge in [-0.2, -0.15) is 0 Å². The lowest BCUT2D eigenvalue weighted by atomic mass is 9.78. The van der Waals surface area contributed by atoms with Crippen molar-refractivity contribution in [2.24, 2.45) is 17.8 Å². The fourth-order valence-corrected chi connectivity index (χ4v) is 6.21. The number of amides is 2. The predicted octanol–water partition coefficient (Wildman–Crippen LogP) is 2.46. The van der Waals surface area contributed by atoms with Crippen LogP contribution in [0.1, 0.15) is 59.3 Å². The molecule has 0 aromatic heterocycles. The molecule has 1 N–H and O–H groups in total. The summed E-state index contributed by atoms with van der Waals surface area (Å²) in [5.41, 5.74) is -1.27. The molecule has 2 fully saturated rings. The number of unbranched alkanes of at least 4 members (excludes halogenated alkanes) is 2. The Hall–Kier alpha value is -2.19. The van der Waals surface area contributed by atoms with Crippen molar-refractivity contribution in [2.75, 3.05) is 26.3 Å². The molecule has 8 heteroatoms. The van der Waals surface area contributed by atoms with Crippen LogP contribution in [0.2, 0.25) is 0 Å². The van der Waals surface area contributed by atoms with Gasteiger partial charge in [-0.3, -0.25) is 14.4 Å². The summed E-state index contributed by atoms with van der Waals surface area (Å²) >= 11 is 0. The summed E-state index contributed by atoms with van der Waals surface area (Å²) in [5.74, 6) is -2.42. The standard InChI is InChI=1S/C27H40N2O6/c1-4-5-8-13-28-14-10-12-27-22(21-20(35-27)11-7-6-9-15-34-26(21)33)24(31)29(23(27)25(28)32)19(17-30)16-18(2)3/h7,10-12,18-23,30H,4-6,8-9,13-17H2,1-3H3/b11-7-/t19-,20-,21+,22+,23?,27+/m1/s1. The Morgan fingerprint density at radius 2 is 1.97 bits per heavy atom. The average Bonchev–Trinajstić information content (AvgIpc) is 3.24. The van der Waals surface area contributed by atoms with Gasteiger partial charge in [-0.1, -0.05) is 57.9 Å². The number of rotatable bonds is 8. The zero-order valence-electron chi connectivity index (χ0n) is 21.2. The summed E-state index contributed by atoms with van der Waals surface area (Å²) in [6, 6.07) is -1.46. The highest BCUT2D eigenvalue weighted by Crippen LogP contribution is 2.53. The third-order valence-corrected chi connectivity index (χ3v) is 7.75. The molecule has 0 radical (unpaired) electrons. The first kappa shape index (κ1) is 25.9. The Morgan fingerprint density at radius 3 is 2.69 bits per heavy atom. The molecule has 1 spiro atoms. The molecule has 4 aliphatic heterocycles. The Balaban J connectivity index is 1.79. The summed E-state index contributed by atoms with van der Waals surface area (Å²) in [6.45, 7) is 7.24. The number of fused-ring (bicyclic) bond motifs is 2. The van der Waals surface area contributed by atoms with E-state index in [0.29, 0.717) is 32.5 Å². The molecule has 0 aromatic carbocycles. The largest absolute Gasteiger partial charge is 0.465 e. The second kappa shape index (κ2) is 10.8. The lowest BCUT2D eigenvalue weighted by Gasteiger charge is -2.39. The normalized spacial score (nSPS) is 34.5.